The Hall–Kier alpha value is -1.38. The zero-order valence-corrected chi connectivity index (χ0v) is 20.6. The predicted molar refractivity (Wildman–Crippen MR) is 127 cm³/mol. The Morgan fingerprint density at radius 3 is 2.90 bits per heavy atom. The molecular weight excluding hydrogens is 430 g/mol. The fraction of sp³-hybridized carbons (Fsp3) is 0.696. The van der Waals surface area contributed by atoms with Crippen LogP contribution in [0.1, 0.15) is 63.8 Å². The summed E-state index contributed by atoms with van der Waals surface area (Å²) in [4.78, 5) is 33.2. The van der Waals surface area contributed by atoms with Gasteiger partial charge >= 0.3 is 0 Å². The maximum atomic E-state index is 13.6. The highest BCUT2D eigenvalue weighted by molar-refractivity contribution is 7.99. The summed E-state index contributed by atoms with van der Waals surface area (Å²) in [6.45, 7) is 9.62. The number of rotatable bonds is 7. The number of aryl methyl sites for hydroxylation is 1. The summed E-state index contributed by atoms with van der Waals surface area (Å²) in [7, 11) is 0. The molecule has 170 valence electrons. The van der Waals surface area contributed by atoms with Gasteiger partial charge in [-0.1, -0.05) is 25.6 Å². The number of thioether (sulfide) groups is 1. The molecule has 6 nitrogen and oxygen atoms in total. The molecule has 1 aliphatic carbocycles. The van der Waals surface area contributed by atoms with Crippen molar-refractivity contribution in [2.24, 2.45) is 5.92 Å². The van der Waals surface area contributed by atoms with E-state index in [1.54, 1.807) is 15.9 Å². The third kappa shape index (κ3) is 5.01. The number of hydrogen-bond acceptors (Lipinski definition) is 6. The van der Waals surface area contributed by atoms with E-state index in [4.69, 9.17) is 9.72 Å². The van der Waals surface area contributed by atoms with Crippen LogP contribution in [-0.2, 0) is 28.9 Å². The molecule has 1 amide bonds. The molecule has 0 bridgehead atoms. The summed E-state index contributed by atoms with van der Waals surface area (Å²) in [5.41, 5.74) is 0.996. The number of fused-ring (bicyclic) bond motifs is 3. The van der Waals surface area contributed by atoms with Crippen LogP contribution in [0.5, 0.6) is 0 Å². The molecule has 2 aliphatic rings. The molecule has 2 atom stereocenters. The van der Waals surface area contributed by atoms with Gasteiger partial charge in [-0.05, 0) is 63.9 Å². The van der Waals surface area contributed by atoms with Crippen molar-refractivity contribution in [3.8, 4) is 0 Å². The van der Waals surface area contributed by atoms with Gasteiger partial charge in [0.1, 0.15) is 4.83 Å². The largest absolute Gasteiger partial charge is 0.376 e. The SMILES string of the molecule is CCC(C)(C)NC(=O)CSc1nc2sc3c(c2c(=O)n1CC1CCCO1)CCC(C)C3. The number of ether oxygens (including phenoxy) is 1. The Kier molecular flexibility index (Phi) is 6.79. The van der Waals surface area contributed by atoms with Gasteiger partial charge in [-0.2, -0.15) is 0 Å². The van der Waals surface area contributed by atoms with Crippen LogP contribution < -0.4 is 10.9 Å². The average molecular weight is 464 g/mol. The highest BCUT2D eigenvalue weighted by Gasteiger charge is 2.27. The molecule has 0 spiro atoms. The van der Waals surface area contributed by atoms with Crippen molar-refractivity contribution in [3.63, 3.8) is 0 Å². The van der Waals surface area contributed by atoms with Crippen molar-refractivity contribution < 1.29 is 9.53 Å². The first-order chi connectivity index (χ1) is 14.8. The minimum atomic E-state index is -0.240. The number of aromatic nitrogens is 2. The van der Waals surface area contributed by atoms with Gasteiger partial charge in [0.15, 0.2) is 5.16 Å². The van der Waals surface area contributed by atoms with Crippen LogP contribution in [0.15, 0.2) is 9.95 Å². The molecular formula is C23H33N3O3S2. The summed E-state index contributed by atoms with van der Waals surface area (Å²) < 4.78 is 7.59. The Bertz CT molecular complexity index is 1020. The summed E-state index contributed by atoms with van der Waals surface area (Å²) in [5.74, 6) is 0.859. The first-order valence-corrected chi connectivity index (χ1v) is 13.2. The summed E-state index contributed by atoms with van der Waals surface area (Å²) in [6, 6.07) is 0. The summed E-state index contributed by atoms with van der Waals surface area (Å²) in [6.07, 6.45) is 5.98. The lowest BCUT2D eigenvalue weighted by molar-refractivity contribution is -0.120. The van der Waals surface area contributed by atoms with Gasteiger partial charge in [-0.25, -0.2) is 4.98 Å². The number of thiophene rings is 1. The molecule has 2 aromatic heterocycles. The molecule has 1 N–H and O–H groups in total. The number of carbonyl (C=O) groups excluding carboxylic acids is 1. The van der Waals surface area contributed by atoms with Crippen LogP contribution in [0.25, 0.3) is 10.2 Å². The molecule has 4 rings (SSSR count). The molecule has 31 heavy (non-hydrogen) atoms. The minimum absolute atomic E-state index is 0.0318. The molecule has 2 aromatic rings. The van der Waals surface area contributed by atoms with Crippen molar-refractivity contribution >= 4 is 39.2 Å². The first-order valence-electron chi connectivity index (χ1n) is 11.4. The van der Waals surface area contributed by atoms with Gasteiger partial charge in [0.2, 0.25) is 5.91 Å². The van der Waals surface area contributed by atoms with Crippen LogP contribution in [0.3, 0.4) is 0 Å². The molecule has 0 saturated carbocycles. The second-order valence-electron chi connectivity index (χ2n) is 9.55. The fourth-order valence-electron chi connectivity index (χ4n) is 4.30. The van der Waals surface area contributed by atoms with E-state index in [-0.39, 0.29) is 28.9 Å². The van der Waals surface area contributed by atoms with Gasteiger partial charge in [0.25, 0.3) is 5.56 Å². The van der Waals surface area contributed by atoms with Crippen LogP contribution in [0.4, 0.5) is 0 Å². The maximum absolute atomic E-state index is 13.6. The minimum Gasteiger partial charge on any atom is -0.376 e. The monoisotopic (exact) mass is 463 g/mol. The van der Waals surface area contributed by atoms with Gasteiger partial charge in [0.05, 0.1) is 23.8 Å². The van der Waals surface area contributed by atoms with E-state index in [1.165, 1.54) is 22.2 Å². The van der Waals surface area contributed by atoms with Crippen LogP contribution in [0, 0.1) is 5.92 Å². The van der Waals surface area contributed by atoms with Gasteiger partial charge < -0.3 is 10.1 Å². The van der Waals surface area contributed by atoms with E-state index in [0.29, 0.717) is 17.6 Å². The van der Waals surface area contributed by atoms with Crippen LogP contribution in [-0.4, -0.2) is 39.5 Å². The topological polar surface area (TPSA) is 73.2 Å². The summed E-state index contributed by atoms with van der Waals surface area (Å²) >= 11 is 3.02. The fourth-order valence-corrected chi connectivity index (χ4v) is 6.53. The van der Waals surface area contributed by atoms with Gasteiger partial charge in [-0.15, -0.1) is 11.3 Å². The van der Waals surface area contributed by atoms with E-state index in [1.807, 2.05) is 13.8 Å². The Labute approximate surface area is 192 Å². The highest BCUT2D eigenvalue weighted by Crippen LogP contribution is 2.36. The van der Waals surface area contributed by atoms with Crippen molar-refractivity contribution in [2.75, 3.05) is 12.4 Å². The number of amides is 1. The second-order valence-corrected chi connectivity index (χ2v) is 11.6. The third-order valence-electron chi connectivity index (χ3n) is 6.48. The number of carbonyl (C=O) groups is 1. The Balaban J connectivity index is 1.67. The Morgan fingerprint density at radius 2 is 2.19 bits per heavy atom. The molecule has 0 aromatic carbocycles. The second kappa shape index (κ2) is 9.24. The maximum Gasteiger partial charge on any atom is 0.263 e. The zero-order chi connectivity index (χ0) is 22.2. The Morgan fingerprint density at radius 1 is 1.39 bits per heavy atom. The lowest BCUT2D eigenvalue weighted by Gasteiger charge is -2.24. The van der Waals surface area contributed by atoms with Crippen LogP contribution in [0.2, 0.25) is 0 Å². The van der Waals surface area contributed by atoms with E-state index in [9.17, 15) is 9.59 Å². The molecule has 0 radical (unpaired) electrons. The quantitative estimate of drug-likeness (QED) is 0.493. The van der Waals surface area contributed by atoms with E-state index in [0.717, 1.165) is 55.3 Å². The van der Waals surface area contributed by atoms with E-state index in [2.05, 4.69) is 19.2 Å². The van der Waals surface area contributed by atoms with E-state index >= 15 is 0 Å². The number of hydrogen-bond donors (Lipinski definition) is 1. The molecule has 8 heteroatoms. The number of nitrogens with zero attached hydrogens (tertiary/aromatic N) is 2. The standard InChI is InChI=1S/C23H33N3O3S2/c1-5-23(3,4)25-18(27)13-30-22-24-20-19(16-9-8-14(2)11-17(16)31-20)21(28)26(22)12-15-7-6-10-29-15/h14-15H,5-13H2,1-4H3,(H,25,27). The lowest BCUT2D eigenvalue weighted by Crippen LogP contribution is -2.43. The average Bonchev–Trinajstić information content (AvgIpc) is 3.35. The molecule has 1 fully saturated rings. The summed E-state index contributed by atoms with van der Waals surface area (Å²) in [5, 5.41) is 4.49. The van der Waals surface area contributed by atoms with Crippen molar-refractivity contribution in [1.29, 1.82) is 0 Å². The van der Waals surface area contributed by atoms with Crippen molar-refractivity contribution in [2.45, 2.75) is 89.6 Å². The molecule has 2 unspecified atom stereocenters. The van der Waals surface area contributed by atoms with Crippen molar-refractivity contribution in [3.05, 3.63) is 20.8 Å². The molecule has 1 aliphatic heterocycles. The van der Waals surface area contributed by atoms with E-state index < -0.39 is 0 Å². The van der Waals surface area contributed by atoms with Crippen LogP contribution >= 0.6 is 23.1 Å². The molecule has 1 saturated heterocycles. The van der Waals surface area contributed by atoms with Gasteiger partial charge in [-0.3, -0.25) is 14.2 Å². The zero-order valence-electron chi connectivity index (χ0n) is 19.0. The molecule has 3 heterocycles. The van der Waals surface area contributed by atoms with Crippen molar-refractivity contribution in [1.82, 2.24) is 14.9 Å². The predicted octanol–water partition coefficient (Wildman–Crippen LogP) is 4.16. The lowest BCUT2D eigenvalue weighted by atomic mass is 9.89. The first kappa shape index (κ1) is 22.8. The highest BCUT2D eigenvalue weighted by atomic mass is 32.2. The number of nitrogens with one attached hydrogen (secondary N) is 1. The normalized spacial score (nSPS) is 21.4. The third-order valence-corrected chi connectivity index (χ3v) is 8.61. The van der Waals surface area contributed by atoms with Gasteiger partial charge in [0, 0.05) is 17.0 Å². The smallest absolute Gasteiger partial charge is 0.263 e.